The molecule has 0 unspecified atom stereocenters. The molecule has 0 aromatic heterocycles. The zero-order chi connectivity index (χ0) is 18.0. The molecular weight excluding hydrogens is 324 g/mol. The van der Waals surface area contributed by atoms with E-state index in [-0.39, 0.29) is 5.78 Å². The maximum absolute atomic E-state index is 12.3. The molecule has 0 spiro atoms. The first-order chi connectivity index (χ1) is 11.4. The molecule has 0 fully saturated rings. The molecule has 0 radical (unpaired) electrons. The lowest BCUT2D eigenvalue weighted by molar-refractivity contribution is 0.0963. The van der Waals surface area contributed by atoms with E-state index >= 15 is 0 Å². The van der Waals surface area contributed by atoms with E-state index in [9.17, 15) is 13.2 Å². The number of hydrogen-bond donors (Lipinski definition) is 1. The van der Waals surface area contributed by atoms with Gasteiger partial charge in [0.1, 0.15) is 0 Å². The predicted molar refractivity (Wildman–Crippen MR) is 100 cm³/mol. The van der Waals surface area contributed by atoms with Crippen LogP contribution in [-0.4, -0.2) is 45.0 Å². The molecule has 0 amide bonds. The molecular formula is C18H30N2O3S. The lowest BCUT2D eigenvalue weighted by Crippen LogP contribution is -2.28. The molecule has 1 N–H and O–H groups in total. The molecule has 1 aromatic rings. The van der Waals surface area contributed by atoms with Crippen LogP contribution in [0.15, 0.2) is 24.3 Å². The highest BCUT2D eigenvalue weighted by molar-refractivity contribution is 7.92. The van der Waals surface area contributed by atoms with Gasteiger partial charge in [0.25, 0.3) is 0 Å². The molecule has 1 aromatic carbocycles. The van der Waals surface area contributed by atoms with Gasteiger partial charge in [0, 0.05) is 24.2 Å². The summed E-state index contributed by atoms with van der Waals surface area (Å²) in [6.07, 6.45) is 6.23. The van der Waals surface area contributed by atoms with Gasteiger partial charge in [-0.3, -0.25) is 9.52 Å². The molecule has 136 valence electrons. The Balaban J connectivity index is 2.56. The third-order valence-electron chi connectivity index (χ3n) is 3.82. The number of unbranched alkanes of at least 4 members (excludes halogenated alkanes) is 2. The van der Waals surface area contributed by atoms with E-state index < -0.39 is 10.0 Å². The second-order valence-corrected chi connectivity index (χ2v) is 7.92. The van der Waals surface area contributed by atoms with Crippen molar-refractivity contribution in [2.75, 3.05) is 30.6 Å². The molecule has 24 heavy (non-hydrogen) atoms. The van der Waals surface area contributed by atoms with E-state index in [0.29, 0.717) is 17.7 Å². The summed E-state index contributed by atoms with van der Waals surface area (Å²) in [5, 5.41) is 0. The number of rotatable bonds is 12. The van der Waals surface area contributed by atoms with E-state index in [0.717, 1.165) is 51.6 Å². The maximum Gasteiger partial charge on any atom is 0.229 e. The minimum Gasteiger partial charge on any atom is -0.303 e. The van der Waals surface area contributed by atoms with Crippen molar-refractivity contribution in [1.29, 1.82) is 0 Å². The largest absolute Gasteiger partial charge is 0.303 e. The van der Waals surface area contributed by atoms with Crippen molar-refractivity contribution in [3.05, 3.63) is 29.8 Å². The van der Waals surface area contributed by atoms with Crippen molar-refractivity contribution in [1.82, 2.24) is 4.90 Å². The summed E-state index contributed by atoms with van der Waals surface area (Å²) in [5.74, 6) is 0.0962. The number of carbonyl (C=O) groups is 1. The number of benzene rings is 1. The van der Waals surface area contributed by atoms with Gasteiger partial charge in [0.15, 0.2) is 5.78 Å². The minimum atomic E-state index is -3.29. The van der Waals surface area contributed by atoms with Crippen molar-refractivity contribution < 1.29 is 13.2 Å². The molecule has 0 saturated heterocycles. The van der Waals surface area contributed by atoms with Crippen LogP contribution in [0.3, 0.4) is 0 Å². The molecule has 0 heterocycles. The Bertz CT molecular complexity index is 589. The van der Waals surface area contributed by atoms with Crippen molar-refractivity contribution in [2.45, 2.75) is 46.0 Å². The van der Waals surface area contributed by atoms with Gasteiger partial charge in [-0.15, -0.1) is 0 Å². The number of carbonyl (C=O) groups excluding carboxylic acids is 1. The number of sulfonamides is 1. The van der Waals surface area contributed by atoms with E-state index in [1.807, 2.05) is 0 Å². The van der Waals surface area contributed by atoms with Crippen LogP contribution in [0.5, 0.6) is 0 Å². The lowest BCUT2D eigenvalue weighted by atomic mass is 10.1. The Morgan fingerprint density at radius 3 is 2.00 bits per heavy atom. The van der Waals surface area contributed by atoms with Gasteiger partial charge in [-0.05, 0) is 50.2 Å². The highest BCUT2D eigenvalue weighted by Crippen LogP contribution is 2.13. The highest BCUT2D eigenvalue weighted by atomic mass is 32.2. The zero-order valence-corrected chi connectivity index (χ0v) is 15.9. The van der Waals surface area contributed by atoms with Gasteiger partial charge in [0.05, 0.1) is 6.26 Å². The van der Waals surface area contributed by atoms with E-state index in [4.69, 9.17) is 0 Å². The Morgan fingerprint density at radius 2 is 1.54 bits per heavy atom. The summed E-state index contributed by atoms with van der Waals surface area (Å²) in [6, 6.07) is 6.61. The summed E-state index contributed by atoms with van der Waals surface area (Å²) >= 11 is 0. The third kappa shape index (κ3) is 8.45. The van der Waals surface area contributed by atoms with Gasteiger partial charge >= 0.3 is 0 Å². The molecule has 0 saturated carbocycles. The van der Waals surface area contributed by atoms with E-state index in [2.05, 4.69) is 23.5 Å². The highest BCUT2D eigenvalue weighted by Gasteiger charge is 2.10. The molecule has 6 heteroatoms. The second kappa shape index (κ2) is 10.5. The standard InChI is InChI=1S/C18H30N2O3S/c1-4-6-13-20(14-7-5-2)15-12-18(21)16-8-10-17(11-9-16)19-24(3,22)23/h8-11,19H,4-7,12-15H2,1-3H3. The van der Waals surface area contributed by atoms with Gasteiger partial charge in [0.2, 0.25) is 10.0 Å². The van der Waals surface area contributed by atoms with Crippen LogP contribution in [-0.2, 0) is 10.0 Å². The van der Waals surface area contributed by atoms with Gasteiger partial charge in [-0.25, -0.2) is 8.42 Å². The first-order valence-electron chi connectivity index (χ1n) is 8.69. The van der Waals surface area contributed by atoms with E-state index in [1.54, 1.807) is 24.3 Å². The van der Waals surface area contributed by atoms with Gasteiger partial charge in [-0.1, -0.05) is 26.7 Å². The molecule has 5 nitrogen and oxygen atoms in total. The molecule has 0 atom stereocenters. The second-order valence-electron chi connectivity index (χ2n) is 6.17. The van der Waals surface area contributed by atoms with Crippen molar-refractivity contribution >= 4 is 21.5 Å². The normalized spacial score (nSPS) is 11.7. The fourth-order valence-electron chi connectivity index (χ4n) is 2.44. The van der Waals surface area contributed by atoms with Crippen LogP contribution in [0.1, 0.15) is 56.3 Å². The van der Waals surface area contributed by atoms with Crippen LogP contribution in [0.4, 0.5) is 5.69 Å². The lowest BCUT2D eigenvalue weighted by Gasteiger charge is -2.21. The predicted octanol–water partition coefficient (Wildman–Crippen LogP) is 3.53. The Morgan fingerprint density at radius 1 is 1.00 bits per heavy atom. The molecule has 0 bridgehead atoms. The molecule has 1 rings (SSSR count). The Labute approximate surface area is 146 Å². The summed E-state index contributed by atoms with van der Waals surface area (Å²) in [5.41, 5.74) is 1.10. The van der Waals surface area contributed by atoms with Crippen molar-refractivity contribution in [2.24, 2.45) is 0 Å². The average molecular weight is 355 g/mol. The molecule has 0 aliphatic rings. The van der Waals surface area contributed by atoms with Crippen LogP contribution in [0, 0.1) is 0 Å². The smallest absolute Gasteiger partial charge is 0.229 e. The quantitative estimate of drug-likeness (QED) is 0.583. The summed E-state index contributed by atoms with van der Waals surface area (Å²) in [6.45, 7) is 7.22. The van der Waals surface area contributed by atoms with E-state index in [1.165, 1.54) is 0 Å². The number of hydrogen-bond acceptors (Lipinski definition) is 4. The molecule has 0 aliphatic heterocycles. The SMILES string of the molecule is CCCCN(CCCC)CCC(=O)c1ccc(NS(C)(=O)=O)cc1. The average Bonchev–Trinajstić information content (AvgIpc) is 2.53. The number of nitrogens with zero attached hydrogens (tertiary/aromatic N) is 1. The minimum absolute atomic E-state index is 0.0962. The summed E-state index contributed by atoms with van der Waals surface area (Å²) in [7, 11) is -3.29. The molecule has 0 aliphatic carbocycles. The van der Waals surface area contributed by atoms with Gasteiger partial charge in [-0.2, -0.15) is 0 Å². The monoisotopic (exact) mass is 354 g/mol. The van der Waals surface area contributed by atoms with Crippen molar-refractivity contribution in [3.63, 3.8) is 0 Å². The fourth-order valence-corrected chi connectivity index (χ4v) is 3.01. The number of ketones is 1. The Hall–Kier alpha value is -1.40. The first-order valence-corrected chi connectivity index (χ1v) is 10.6. The first kappa shape index (κ1) is 20.6. The van der Waals surface area contributed by atoms with Crippen LogP contribution < -0.4 is 4.72 Å². The maximum atomic E-state index is 12.3. The van der Waals surface area contributed by atoms with Crippen molar-refractivity contribution in [3.8, 4) is 0 Å². The van der Waals surface area contributed by atoms with Gasteiger partial charge < -0.3 is 4.90 Å². The third-order valence-corrected chi connectivity index (χ3v) is 4.43. The summed E-state index contributed by atoms with van der Waals surface area (Å²) in [4.78, 5) is 14.7. The topological polar surface area (TPSA) is 66.5 Å². The number of nitrogens with one attached hydrogen (secondary N) is 1. The summed E-state index contributed by atoms with van der Waals surface area (Å²) < 4.78 is 24.8. The van der Waals surface area contributed by atoms with Crippen LogP contribution in [0.2, 0.25) is 0 Å². The van der Waals surface area contributed by atoms with Crippen LogP contribution >= 0.6 is 0 Å². The number of Topliss-reactive ketones (excluding diaryl/α,β-unsaturated/α-hetero) is 1. The zero-order valence-electron chi connectivity index (χ0n) is 15.0. The number of anilines is 1. The fraction of sp³-hybridized carbons (Fsp3) is 0.611. The Kier molecular flexibility index (Phi) is 9.00. The van der Waals surface area contributed by atoms with Crippen LogP contribution in [0.25, 0.3) is 0 Å².